The molecule has 2 amide bonds. The molecule has 0 spiro atoms. The number of carbonyl (C=O) groups is 4. The van der Waals surface area contributed by atoms with Crippen molar-refractivity contribution in [3.8, 4) is 0 Å². The van der Waals surface area contributed by atoms with Crippen LogP contribution in [0.25, 0.3) is 0 Å². The van der Waals surface area contributed by atoms with E-state index in [1.165, 1.54) is 24.5 Å². The molecule has 1 atom stereocenters. The maximum Gasteiger partial charge on any atom is 0.338 e. The first-order valence-corrected chi connectivity index (χ1v) is 11.8. The topological polar surface area (TPSA) is 108 Å². The van der Waals surface area contributed by atoms with Crippen LogP contribution in [0.3, 0.4) is 0 Å². The number of rotatable bonds is 8. The highest BCUT2D eigenvalue weighted by atomic mass is 16.5. The molecular weight excluding hydrogens is 464 g/mol. The summed E-state index contributed by atoms with van der Waals surface area (Å²) in [5, 5.41) is 0. The van der Waals surface area contributed by atoms with Crippen molar-refractivity contribution in [2.24, 2.45) is 0 Å². The monoisotopic (exact) mass is 490 g/mol. The van der Waals surface area contributed by atoms with Gasteiger partial charge in [0.2, 0.25) is 5.78 Å². The number of hydrogen-bond acceptors (Lipinski definition) is 7. The Labute approximate surface area is 207 Å². The van der Waals surface area contributed by atoms with Crippen LogP contribution < -0.4 is 0 Å². The van der Waals surface area contributed by atoms with Crippen molar-refractivity contribution < 1.29 is 33.1 Å². The second-order valence-electron chi connectivity index (χ2n) is 9.07. The van der Waals surface area contributed by atoms with Crippen LogP contribution in [-0.2, 0) is 22.6 Å². The molecule has 2 aromatic heterocycles. The first kappa shape index (κ1) is 23.7. The van der Waals surface area contributed by atoms with Crippen molar-refractivity contribution in [1.29, 1.82) is 0 Å². The Morgan fingerprint density at radius 1 is 1.08 bits per heavy atom. The molecule has 9 heteroatoms. The lowest BCUT2D eigenvalue weighted by Crippen LogP contribution is -2.28. The molecule has 0 N–H and O–H groups in total. The van der Waals surface area contributed by atoms with Crippen LogP contribution in [0.1, 0.15) is 71.4 Å². The molecule has 1 unspecified atom stereocenters. The predicted molar refractivity (Wildman–Crippen MR) is 127 cm³/mol. The lowest BCUT2D eigenvalue weighted by molar-refractivity contribution is 0.0474. The quantitative estimate of drug-likeness (QED) is 0.269. The Balaban J connectivity index is 1.24. The van der Waals surface area contributed by atoms with E-state index in [1.807, 2.05) is 13.8 Å². The molecule has 0 bridgehead atoms. The van der Waals surface area contributed by atoms with Gasteiger partial charge in [0, 0.05) is 30.1 Å². The highest BCUT2D eigenvalue weighted by Gasteiger charge is 2.36. The summed E-state index contributed by atoms with van der Waals surface area (Å²) in [4.78, 5) is 52.0. The third-order valence-corrected chi connectivity index (χ3v) is 6.72. The Hall–Kier alpha value is -3.98. The van der Waals surface area contributed by atoms with Crippen LogP contribution in [0.4, 0.5) is 0 Å². The first-order valence-electron chi connectivity index (χ1n) is 11.8. The number of ketones is 1. The van der Waals surface area contributed by atoms with Gasteiger partial charge in [0.15, 0.2) is 6.61 Å². The zero-order chi connectivity index (χ0) is 25.4. The summed E-state index contributed by atoms with van der Waals surface area (Å²) in [6.45, 7) is 4.81. The number of carbonyl (C=O) groups excluding carboxylic acids is 4. The van der Waals surface area contributed by atoms with Gasteiger partial charge in [-0.25, -0.2) is 4.79 Å². The van der Waals surface area contributed by atoms with E-state index in [2.05, 4.69) is 4.57 Å². The number of nitrogens with zero attached hydrogens (tertiary/aromatic N) is 2. The molecule has 3 aromatic rings. The van der Waals surface area contributed by atoms with Crippen LogP contribution in [0, 0.1) is 13.8 Å². The van der Waals surface area contributed by atoms with Crippen molar-refractivity contribution in [1.82, 2.24) is 9.47 Å². The number of amides is 2. The van der Waals surface area contributed by atoms with Gasteiger partial charge in [-0.2, -0.15) is 0 Å². The standard InChI is InChI=1S/C27H26N2O7/c1-16-11-22(17(2)28(16)13-19-5-3-9-34-19)24(30)15-36-27(33)18-7-8-21-23(12-18)26(32)29(25(21)31)14-20-6-4-10-35-20/h4,6-8,10-12,19H,3,5,9,13-15H2,1-2H3. The molecule has 1 aromatic carbocycles. The van der Waals surface area contributed by atoms with E-state index < -0.39 is 24.4 Å². The molecular formula is C27H26N2O7. The summed E-state index contributed by atoms with van der Waals surface area (Å²) >= 11 is 0. The smallest absolute Gasteiger partial charge is 0.338 e. The number of aromatic nitrogens is 1. The number of benzene rings is 1. The van der Waals surface area contributed by atoms with Gasteiger partial charge in [-0.3, -0.25) is 19.3 Å². The molecule has 186 valence electrons. The molecule has 0 saturated carbocycles. The average molecular weight is 491 g/mol. The minimum Gasteiger partial charge on any atom is -0.467 e. The highest BCUT2D eigenvalue weighted by Crippen LogP contribution is 2.26. The fourth-order valence-corrected chi connectivity index (χ4v) is 4.77. The summed E-state index contributed by atoms with van der Waals surface area (Å²) in [7, 11) is 0. The summed E-state index contributed by atoms with van der Waals surface area (Å²) in [5.41, 5.74) is 2.66. The van der Waals surface area contributed by atoms with Gasteiger partial charge in [0.05, 0.1) is 35.6 Å². The predicted octanol–water partition coefficient (Wildman–Crippen LogP) is 3.71. The van der Waals surface area contributed by atoms with E-state index >= 15 is 0 Å². The number of aryl methyl sites for hydroxylation is 1. The summed E-state index contributed by atoms with van der Waals surface area (Å²) in [6.07, 6.45) is 3.63. The number of Topliss-reactive ketones (excluding diaryl/α,β-unsaturated/α-hetero) is 1. The number of imide groups is 1. The number of fused-ring (bicyclic) bond motifs is 1. The molecule has 5 rings (SSSR count). The van der Waals surface area contributed by atoms with E-state index in [0.29, 0.717) is 17.9 Å². The van der Waals surface area contributed by atoms with Gasteiger partial charge in [0.25, 0.3) is 11.8 Å². The molecule has 2 aliphatic heterocycles. The van der Waals surface area contributed by atoms with Crippen molar-refractivity contribution in [2.75, 3.05) is 13.2 Å². The average Bonchev–Trinajstić information content (AvgIpc) is 3.67. The van der Waals surface area contributed by atoms with Crippen LogP contribution in [-0.4, -0.2) is 52.4 Å². The molecule has 2 aliphatic rings. The minimum atomic E-state index is -0.746. The lowest BCUT2D eigenvalue weighted by atomic mass is 10.1. The van der Waals surface area contributed by atoms with E-state index in [0.717, 1.165) is 35.7 Å². The van der Waals surface area contributed by atoms with Crippen molar-refractivity contribution >= 4 is 23.6 Å². The molecule has 0 aliphatic carbocycles. The maximum absolute atomic E-state index is 12.8. The molecule has 4 heterocycles. The number of ether oxygens (including phenoxy) is 2. The highest BCUT2D eigenvalue weighted by molar-refractivity contribution is 6.21. The van der Waals surface area contributed by atoms with E-state index in [1.54, 1.807) is 18.2 Å². The largest absolute Gasteiger partial charge is 0.467 e. The third kappa shape index (κ3) is 4.37. The van der Waals surface area contributed by atoms with Crippen LogP contribution in [0.2, 0.25) is 0 Å². The van der Waals surface area contributed by atoms with Gasteiger partial charge in [0.1, 0.15) is 5.76 Å². The Bertz CT molecular complexity index is 1350. The summed E-state index contributed by atoms with van der Waals surface area (Å²) in [5.74, 6) is -1.57. The third-order valence-electron chi connectivity index (χ3n) is 6.72. The Morgan fingerprint density at radius 2 is 1.89 bits per heavy atom. The fourth-order valence-electron chi connectivity index (χ4n) is 4.77. The van der Waals surface area contributed by atoms with Gasteiger partial charge in [-0.15, -0.1) is 0 Å². The summed E-state index contributed by atoms with van der Waals surface area (Å²) < 4.78 is 18.3. The molecule has 9 nitrogen and oxygen atoms in total. The van der Waals surface area contributed by atoms with E-state index in [4.69, 9.17) is 13.9 Å². The van der Waals surface area contributed by atoms with Gasteiger partial charge in [-0.1, -0.05) is 0 Å². The number of esters is 1. The van der Waals surface area contributed by atoms with Crippen LogP contribution >= 0.6 is 0 Å². The van der Waals surface area contributed by atoms with Crippen LogP contribution in [0.5, 0.6) is 0 Å². The van der Waals surface area contributed by atoms with Gasteiger partial charge in [-0.05, 0) is 63.1 Å². The van der Waals surface area contributed by atoms with Gasteiger partial charge < -0.3 is 18.5 Å². The first-order chi connectivity index (χ1) is 17.3. The molecule has 1 saturated heterocycles. The van der Waals surface area contributed by atoms with E-state index in [9.17, 15) is 19.2 Å². The molecule has 1 fully saturated rings. The normalized spacial score (nSPS) is 17.1. The molecule has 0 radical (unpaired) electrons. The second kappa shape index (κ2) is 9.58. The Morgan fingerprint density at radius 3 is 2.61 bits per heavy atom. The van der Waals surface area contributed by atoms with E-state index in [-0.39, 0.29) is 35.1 Å². The maximum atomic E-state index is 12.8. The lowest BCUT2D eigenvalue weighted by Gasteiger charge is -2.14. The number of furan rings is 1. The zero-order valence-corrected chi connectivity index (χ0v) is 20.1. The fraction of sp³-hybridized carbons (Fsp3) is 0.333. The summed E-state index contributed by atoms with van der Waals surface area (Å²) in [6, 6.07) is 9.31. The van der Waals surface area contributed by atoms with Crippen molar-refractivity contribution in [3.05, 3.63) is 82.1 Å². The Kier molecular flexibility index (Phi) is 6.32. The SMILES string of the molecule is Cc1cc(C(=O)COC(=O)c2ccc3c(c2)C(=O)N(Cc2ccco2)C3=O)c(C)n1CC1CCCO1. The van der Waals surface area contributed by atoms with Crippen LogP contribution in [0.15, 0.2) is 47.1 Å². The zero-order valence-electron chi connectivity index (χ0n) is 20.1. The van der Waals surface area contributed by atoms with Crippen molar-refractivity contribution in [2.45, 2.75) is 45.9 Å². The second-order valence-corrected chi connectivity index (χ2v) is 9.07. The minimum absolute atomic E-state index is 0.00108. The van der Waals surface area contributed by atoms with Crippen molar-refractivity contribution in [3.63, 3.8) is 0 Å². The molecule has 36 heavy (non-hydrogen) atoms. The van der Waals surface area contributed by atoms with Gasteiger partial charge >= 0.3 is 5.97 Å². The number of hydrogen-bond donors (Lipinski definition) is 0.